The molecule has 0 bridgehead atoms. The molecule has 0 aliphatic rings. The lowest BCUT2D eigenvalue weighted by atomic mass is 10.0. The Morgan fingerprint density at radius 1 is 1.09 bits per heavy atom. The molecule has 0 aliphatic heterocycles. The normalized spacial score (nSPS) is 12.6. The second kappa shape index (κ2) is 15.4. The van der Waals surface area contributed by atoms with Gasteiger partial charge in [0.2, 0.25) is 0 Å². The second-order valence-corrected chi connectivity index (χ2v) is 9.55. The fourth-order valence-corrected chi connectivity index (χ4v) is 3.03. The average Bonchev–Trinajstić information content (AvgIpc) is 2.72. The Morgan fingerprint density at radius 2 is 1.75 bits per heavy atom. The van der Waals surface area contributed by atoms with Crippen LogP contribution >= 0.6 is 23.2 Å². The molecule has 0 heterocycles. The molecular formula is C25H39Cl2NO4. The van der Waals surface area contributed by atoms with E-state index in [2.05, 4.69) is 25.9 Å². The van der Waals surface area contributed by atoms with Gasteiger partial charge in [0.05, 0.1) is 12.7 Å². The molecule has 0 amide bonds. The molecular weight excluding hydrogens is 449 g/mol. The lowest BCUT2D eigenvalue weighted by Crippen LogP contribution is -2.16. The number of halogens is 2. The van der Waals surface area contributed by atoms with E-state index in [1.807, 2.05) is 32.9 Å². The van der Waals surface area contributed by atoms with E-state index in [4.69, 9.17) is 42.3 Å². The van der Waals surface area contributed by atoms with E-state index in [1.165, 1.54) is 0 Å². The first-order valence-electron chi connectivity index (χ1n) is 11.4. The summed E-state index contributed by atoms with van der Waals surface area (Å²) in [5, 5.41) is 3.95. The monoisotopic (exact) mass is 487 g/mol. The van der Waals surface area contributed by atoms with Crippen molar-refractivity contribution >= 4 is 29.4 Å². The zero-order valence-electron chi connectivity index (χ0n) is 20.4. The van der Waals surface area contributed by atoms with E-state index < -0.39 is 0 Å². The van der Waals surface area contributed by atoms with E-state index in [9.17, 15) is 0 Å². The molecule has 0 aromatic heterocycles. The average molecular weight is 488 g/mol. The SMILES string of the molecule is CCc1cc(OCC=C(Cl)Cl)cc(CC)c1OC(C)CCCOCCC=NOC(C)(C)C. The Hall–Kier alpha value is -1.43. The smallest absolute Gasteiger partial charge is 0.129 e. The fraction of sp³-hybridized carbons (Fsp3) is 0.640. The zero-order chi connectivity index (χ0) is 24.0. The summed E-state index contributed by atoms with van der Waals surface area (Å²) in [7, 11) is 0. The molecule has 0 aliphatic carbocycles. The molecule has 5 nitrogen and oxygen atoms in total. The van der Waals surface area contributed by atoms with Crippen LogP contribution in [0.15, 0.2) is 27.9 Å². The lowest BCUT2D eigenvalue weighted by molar-refractivity contribution is 0.00128. The third kappa shape index (κ3) is 12.6. The number of oxime groups is 1. The number of nitrogens with zero attached hydrogens (tertiary/aromatic N) is 1. The Labute approximate surface area is 204 Å². The highest BCUT2D eigenvalue weighted by Crippen LogP contribution is 2.32. The summed E-state index contributed by atoms with van der Waals surface area (Å²) in [4.78, 5) is 5.30. The molecule has 32 heavy (non-hydrogen) atoms. The highest BCUT2D eigenvalue weighted by molar-refractivity contribution is 6.55. The standard InChI is InChI=1S/C25H39Cl2NO4/c1-7-20-17-22(30-16-12-23(26)27)18-21(8-2)24(20)31-19(3)11-9-14-29-15-10-13-28-32-25(4,5)6/h12-13,17-19H,7-11,14-16H2,1-6H3. The van der Waals surface area contributed by atoms with Gasteiger partial charge in [0.25, 0.3) is 0 Å². The minimum absolute atomic E-state index is 0.0979. The Morgan fingerprint density at radius 3 is 2.31 bits per heavy atom. The van der Waals surface area contributed by atoms with Gasteiger partial charge in [0.1, 0.15) is 28.2 Å². The predicted octanol–water partition coefficient (Wildman–Crippen LogP) is 7.26. The zero-order valence-corrected chi connectivity index (χ0v) is 21.9. The van der Waals surface area contributed by atoms with Gasteiger partial charge in [0, 0.05) is 19.2 Å². The van der Waals surface area contributed by atoms with Gasteiger partial charge in [-0.1, -0.05) is 42.2 Å². The molecule has 0 spiro atoms. The van der Waals surface area contributed by atoms with Gasteiger partial charge >= 0.3 is 0 Å². The van der Waals surface area contributed by atoms with Crippen molar-refractivity contribution in [3.05, 3.63) is 33.8 Å². The summed E-state index contributed by atoms with van der Waals surface area (Å²) < 4.78 is 18.0. The van der Waals surface area contributed by atoms with Crippen molar-refractivity contribution in [3.8, 4) is 11.5 Å². The highest BCUT2D eigenvalue weighted by Gasteiger charge is 2.14. The van der Waals surface area contributed by atoms with Crippen molar-refractivity contribution in [1.82, 2.24) is 0 Å². The van der Waals surface area contributed by atoms with Crippen molar-refractivity contribution < 1.29 is 19.0 Å². The van der Waals surface area contributed by atoms with Gasteiger partial charge in [-0.3, -0.25) is 0 Å². The molecule has 1 unspecified atom stereocenters. The molecule has 0 fully saturated rings. The van der Waals surface area contributed by atoms with E-state index in [-0.39, 0.29) is 16.2 Å². The van der Waals surface area contributed by atoms with E-state index in [0.29, 0.717) is 19.8 Å². The molecule has 0 saturated heterocycles. The molecule has 0 N–H and O–H groups in total. The van der Waals surface area contributed by atoms with Gasteiger partial charge in [-0.15, -0.1) is 0 Å². The third-order valence-corrected chi connectivity index (χ3v) is 4.79. The van der Waals surface area contributed by atoms with Crippen LogP contribution in [0.4, 0.5) is 0 Å². The number of aryl methyl sites for hydroxylation is 2. The van der Waals surface area contributed by atoms with Crippen LogP contribution < -0.4 is 9.47 Å². The quantitative estimate of drug-likeness (QED) is 0.148. The molecule has 0 radical (unpaired) electrons. The fourth-order valence-electron chi connectivity index (χ4n) is 2.90. The van der Waals surface area contributed by atoms with Crippen molar-refractivity contribution in [2.24, 2.45) is 5.16 Å². The van der Waals surface area contributed by atoms with Crippen molar-refractivity contribution in [2.75, 3.05) is 19.8 Å². The topological polar surface area (TPSA) is 49.3 Å². The molecule has 1 aromatic rings. The maximum absolute atomic E-state index is 6.34. The molecule has 182 valence electrons. The molecule has 0 saturated carbocycles. The number of hydrogen-bond donors (Lipinski definition) is 0. The van der Waals surface area contributed by atoms with Gasteiger partial charge in [-0.05, 0) is 82.7 Å². The van der Waals surface area contributed by atoms with Crippen molar-refractivity contribution in [1.29, 1.82) is 0 Å². The van der Waals surface area contributed by atoms with E-state index in [0.717, 1.165) is 54.7 Å². The van der Waals surface area contributed by atoms with Crippen LogP contribution in [0.5, 0.6) is 11.5 Å². The summed E-state index contributed by atoms with van der Waals surface area (Å²) in [5.41, 5.74) is 2.02. The summed E-state index contributed by atoms with van der Waals surface area (Å²) in [6, 6.07) is 4.07. The summed E-state index contributed by atoms with van der Waals surface area (Å²) in [6.07, 6.45) is 7.80. The second-order valence-electron chi connectivity index (χ2n) is 8.55. The van der Waals surface area contributed by atoms with Crippen LogP contribution in [0.3, 0.4) is 0 Å². The maximum atomic E-state index is 6.34. The summed E-state index contributed by atoms with van der Waals surface area (Å²) in [5.74, 6) is 1.77. The van der Waals surface area contributed by atoms with Crippen molar-refractivity contribution in [3.63, 3.8) is 0 Å². The van der Waals surface area contributed by atoms with Crippen LogP contribution in [-0.4, -0.2) is 37.7 Å². The number of rotatable bonds is 15. The highest BCUT2D eigenvalue weighted by atomic mass is 35.5. The minimum atomic E-state index is -0.258. The predicted molar refractivity (Wildman–Crippen MR) is 135 cm³/mol. The third-order valence-electron chi connectivity index (χ3n) is 4.48. The van der Waals surface area contributed by atoms with Crippen LogP contribution in [0.2, 0.25) is 0 Å². The molecule has 1 aromatic carbocycles. The Balaban J connectivity index is 2.47. The number of ether oxygens (including phenoxy) is 3. The van der Waals surface area contributed by atoms with E-state index in [1.54, 1.807) is 12.3 Å². The first-order valence-corrected chi connectivity index (χ1v) is 12.2. The van der Waals surface area contributed by atoms with Gasteiger partial charge in [-0.25, -0.2) is 0 Å². The number of benzene rings is 1. The summed E-state index contributed by atoms with van der Waals surface area (Å²) in [6.45, 7) is 13.9. The first kappa shape index (κ1) is 28.6. The largest absolute Gasteiger partial charge is 0.490 e. The van der Waals surface area contributed by atoms with Crippen LogP contribution in [0.1, 0.15) is 71.9 Å². The Bertz CT molecular complexity index is 700. The Kier molecular flexibility index (Phi) is 13.8. The van der Waals surface area contributed by atoms with Crippen LogP contribution in [0.25, 0.3) is 0 Å². The van der Waals surface area contributed by atoms with Crippen LogP contribution in [0, 0.1) is 0 Å². The molecule has 1 atom stereocenters. The number of hydrogen-bond acceptors (Lipinski definition) is 5. The van der Waals surface area contributed by atoms with Crippen molar-refractivity contribution in [2.45, 2.75) is 85.4 Å². The molecule has 7 heteroatoms. The van der Waals surface area contributed by atoms with E-state index >= 15 is 0 Å². The molecule has 1 rings (SSSR count). The van der Waals surface area contributed by atoms with Gasteiger partial charge < -0.3 is 19.0 Å². The van der Waals surface area contributed by atoms with Crippen LogP contribution in [-0.2, 0) is 22.4 Å². The maximum Gasteiger partial charge on any atom is 0.129 e. The minimum Gasteiger partial charge on any atom is -0.490 e. The first-order chi connectivity index (χ1) is 15.2. The lowest BCUT2D eigenvalue weighted by Gasteiger charge is -2.21. The van der Waals surface area contributed by atoms with Gasteiger partial charge in [0.15, 0.2) is 0 Å². The van der Waals surface area contributed by atoms with Gasteiger partial charge in [-0.2, -0.15) is 0 Å². The summed E-state index contributed by atoms with van der Waals surface area (Å²) >= 11 is 11.3.